The Labute approximate surface area is 145 Å². The summed E-state index contributed by atoms with van der Waals surface area (Å²) in [5.74, 6) is 1.50. The van der Waals surface area contributed by atoms with Crippen LogP contribution >= 0.6 is 11.3 Å². The average molecular weight is 349 g/mol. The molecule has 24 heavy (non-hydrogen) atoms. The maximum Gasteiger partial charge on any atom is 0.236 e. The molecule has 0 unspecified atom stereocenters. The summed E-state index contributed by atoms with van der Waals surface area (Å²) in [7, 11) is 1.87. The molecule has 2 aromatic rings. The van der Waals surface area contributed by atoms with Gasteiger partial charge in [0.1, 0.15) is 0 Å². The minimum atomic E-state index is 0.172. The van der Waals surface area contributed by atoms with E-state index >= 15 is 0 Å². The molecule has 7 nitrogen and oxygen atoms in total. The highest BCUT2D eigenvalue weighted by molar-refractivity contribution is 7.09. The van der Waals surface area contributed by atoms with Crippen LogP contribution < -0.4 is 0 Å². The molecule has 0 atom stereocenters. The first-order valence-electron chi connectivity index (χ1n) is 8.10. The van der Waals surface area contributed by atoms with Crippen molar-refractivity contribution in [1.29, 1.82) is 0 Å². The zero-order chi connectivity index (χ0) is 16.9. The molecule has 3 rings (SSSR count). The number of aromatic nitrogens is 2. The lowest BCUT2D eigenvalue weighted by atomic mass is 10.3. The lowest BCUT2D eigenvalue weighted by molar-refractivity contribution is -0.132. The predicted octanol–water partition coefficient (Wildman–Crippen LogP) is 1.22. The van der Waals surface area contributed by atoms with Gasteiger partial charge < -0.3 is 9.42 Å². The van der Waals surface area contributed by atoms with Gasteiger partial charge in [-0.15, -0.1) is 11.3 Å². The van der Waals surface area contributed by atoms with Gasteiger partial charge in [0.15, 0.2) is 5.82 Å². The summed E-state index contributed by atoms with van der Waals surface area (Å²) >= 11 is 1.68. The number of carbonyl (C=O) groups excluding carboxylic acids is 1. The van der Waals surface area contributed by atoms with E-state index in [1.807, 2.05) is 18.5 Å². The summed E-state index contributed by atoms with van der Waals surface area (Å²) in [5, 5.41) is 5.97. The monoisotopic (exact) mass is 349 g/mol. The van der Waals surface area contributed by atoms with Gasteiger partial charge in [-0.3, -0.25) is 14.6 Å². The van der Waals surface area contributed by atoms with Gasteiger partial charge in [-0.2, -0.15) is 4.98 Å². The van der Waals surface area contributed by atoms with E-state index in [1.165, 1.54) is 4.88 Å². The van der Waals surface area contributed by atoms with Crippen molar-refractivity contribution in [3.05, 3.63) is 34.1 Å². The molecular weight excluding hydrogens is 326 g/mol. The van der Waals surface area contributed by atoms with E-state index in [1.54, 1.807) is 23.2 Å². The van der Waals surface area contributed by atoms with E-state index in [-0.39, 0.29) is 5.91 Å². The molecule has 0 saturated carbocycles. The molecular formula is C16H23N5O2S. The molecule has 0 radical (unpaired) electrons. The highest BCUT2D eigenvalue weighted by atomic mass is 32.1. The van der Waals surface area contributed by atoms with E-state index in [0.717, 1.165) is 32.0 Å². The van der Waals surface area contributed by atoms with Crippen LogP contribution in [-0.2, 0) is 17.9 Å². The Balaban J connectivity index is 1.40. The fraction of sp³-hybridized carbons (Fsp3) is 0.562. The largest absolute Gasteiger partial charge is 0.340 e. The van der Waals surface area contributed by atoms with Crippen LogP contribution in [0.15, 0.2) is 22.0 Å². The van der Waals surface area contributed by atoms with E-state index in [0.29, 0.717) is 25.5 Å². The number of piperazine rings is 1. The van der Waals surface area contributed by atoms with Crippen molar-refractivity contribution in [2.75, 3.05) is 39.8 Å². The molecule has 2 aromatic heterocycles. The molecule has 0 spiro atoms. The summed E-state index contributed by atoms with van der Waals surface area (Å²) in [6.45, 7) is 7.27. The van der Waals surface area contributed by atoms with E-state index in [2.05, 4.69) is 26.0 Å². The van der Waals surface area contributed by atoms with Crippen LogP contribution in [0.25, 0.3) is 0 Å². The number of rotatable bonds is 6. The van der Waals surface area contributed by atoms with Crippen molar-refractivity contribution in [3.63, 3.8) is 0 Å². The van der Waals surface area contributed by atoms with Gasteiger partial charge >= 0.3 is 0 Å². The van der Waals surface area contributed by atoms with Crippen LogP contribution in [0.1, 0.15) is 16.6 Å². The summed E-state index contributed by atoms with van der Waals surface area (Å²) in [4.78, 5) is 24.1. The normalized spacial score (nSPS) is 16.4. The van der Waals surface area contributed by atoms with Gasteiger partial charge in [0.2, 0.25) is 11.8 Å². The Morgan fingerprint density at radius 1 is 1.33 bits per heavy atom. The van der Waals surface area contributed by atoms with Crippen LogP contribution in [-0.4, -0.2) is 70.5 Å². The SMILES string of the molecule is Cc1nc(CN2CCN(CC(=O)N(C)Cc3cccs3)CC2)no1. The quantitative estimate of drug-likeness (QED) is 0.781. The minimum Gasteiger partial charge on any atom is -0.340 e. The number of hydrogen-bond donors (Lipinski definition) is 0. The van der Waals surface area contributed by atoms with E-state index < -0.39 is 0 Å². The van der Waals surface area contributed by atoms with Crippen LogP contribution in [0.2, 0.25) is 0 Å². The molecule has 0 aromatic carbocycles. The molecule has 1 amide bonds. The van der Waals surface area contributed by atoms with Gasteiger partial charge in [-0.25, -0.2) is 0 Å². The number of nitrogens with zero attached hydrogens (tertiary/aromatic N) is 5. The maximum absolute atomic E-state index is 12.4. The fourth-order valence-electron chi connectivity index (χ4n) is 2.75. The number of aryl methyl sites for hydroxylation is 1. The lowest BCUT2D eigenvalue weighted by Crippen LogP contribution is -2.49. The van der Waals surface area contributed by atoms with Gasteiger partial charge in [0.05, 0.1) is 19.6 Å². The Kier molecular flexibility index (Phi) is 5.60. The van der Waals surface area contributed by atoms with Crippen molar-refractivity contribution >= 4 is 17.2 Å². The van der Waals surface area contributed by atoms with Crippen molar-refractivity contribution in [2.45, 2.75) is 20.0 Å². The summed E-state index contributed by atoms with van der Waals surface area (Å²) in [6.07, 6.45) is 0. The van der Waals surface area contributed by atoms with Crippen LogP contribution in [0.5, 0.6) is 0 Å². The minimum absolute atomic E-state index is 0.172. The van der Waals surface area contributed by atoms with Gasteiger partial charge in [0.25, 0.3) is 0 Å². The second kappa shape index (κ2) is 7.87. The van der Waals surface area contributed by atoms with Crippen molar-refractivity contribution in [1.82, 2.24) is 24.8 Å². The molecule has 1 saturated heterocycles. The summed E-state index contributed by atoms with van der Waals surface area (Å²) in [5.41, 5.74) is 0. The molecule has 0 N–H and O–H groups in total. The number of likely N-dealkylation sites (N-methyl/N-ethyl adjacent to an activating group) is 1. The molecule has 0 aliphatic carbocycles. The number of thiophene rings is 1. The molecule has 0 bridgehead atoms. The van der Waals surface area contributed by atoms with Gasteiger partial charge in [-0.05, 0) is 11.4 Å². The van der Waals surface area contributed by atoms with Crippen LogP contribution in [0.3, 0.4) is 0 Å². The second-order valence-electron chi connectivity index (χ2n) is 6.11. The lowest BCUT2D eigenvalue weighted by Gasteiger charge is -2.34. The van der Waals surface area contributed by atoms with Gasteiger partial charge in [0, 0.05) is 45.0 Å². The third kappa shape index (κ3) is 4.62. The van der Waals surface area contributed by atoms with Crippen molar-refractivity contribution in [3.8, 4) is 0 Å². The van der Waals surface area contributed by atoms with Crippen molar-refractivity contribution in [2.24, 2.45) is 0 Å². The Bertz CT molecular complexity index is 649. The molecule has 130 valence electrons. The smallest absolute Gasteiger partial charge is 0.236 e. The highest BCUT2D eigenvalue weighted by Gasteiger charge is 2.21. The number of carbonyl (C=O) groups is 1. The van der Waals surface area contributed by atoms with E-state index in [9.17, 15) is 4.79 Å². The third-order valence-electron chi connectivity index (χ3n) is 4.16. The predicted molar refractivity (Wildman–Crippen MR) is 91.5 cm³/mol. The molecule has 8 heteroatoms. The fourth-order valence-corrected chi connectivity index (χ4v) is 3.50. The van der Waals surface area contributed by atoms with Crippen LogP contribution in [0, 0.1) is 6.92 Å². The first kappa shape index (κ1) is 17.1. The van der Waals surface area contributed by atoms with Crippen molar-refractivity contribution < 1.29 is 9.32 Å². The third-order valence-corrected chi connectivity index (χ3v) is 5.02. The maximum atomic E-state index is 12.4. The zero-order valence-corrected chi connectivity index (χ0v) is 15.0. The standard InChI is InChI=1S/C16H23N5O2S/c1-13-17-15(18-23-13)11-20-5-7-21(8-6-20)12-16(22)19(2)10-14-4-3-9-24-14/h3-4,9H,5-8,10-12H2,1-2H3. The molecule has 1 aliphatic rings. The summed E-state index contributed by atoms with van der Waals surface area (Å²) in [6, 6.07) is 4.08. The highest BCUT2D eigenvalue weighted by Crippen LogP contribution is 2.12. The first-order valence-corrected chi connectivity index (χ1v) is 8.98. The molecule has 1 fully saturated rings. The first-order chi connectivity index (χ1) is 11.6. The average Bonchev–Trinajstić information content (AvgIpc) is 3.21. The number of amides is 1. The van der Waals surface area contributed by atoms with Gasteiger partial charge in [-0.1, -0.05) is 11.2 Å². The summed E-state index contributed by atoms with van der Waals surface area (Å²) < 4.78 is 5.00. The molecule has 3 heterocycles. The van der Waals surface area contributed by atoms with Crippen LogP contribution in [0.4, 0.5) is 0 Å². The Hall–Kier alpha value is -1.77. The van der Waals surface area contributed by atoms with E-state index in [4.69, 9.17) is 4.52 Å². The topological polar surface area (TPSA) is 65.7 Å². The molecule has 1 aliphatic heterocycles. The second-order valence-corrected chi connectivity index (χ2v) is 7.14. The Morgan fingerprint density at radius 3 is 2.71 bits per heavy atom. The Morgan fingerprint density at radius 2 is 2.08 bits per heavy atom. The zero-order valence-electron chi connectivity index (χ0n) is 14.1. The number of hydrogen-bond acceptors (Lipinski definition) is 7.